The van der Waals surface area contributed by atoms with Gasteiger partial charge in [-0.3, -0.25) is 4.90 Å². The lowest BCUT2D eigenvalue weighted by Crippen LogP contribution is -2.50. The number of halogens is 1. The lowest BCUT2D eigenvalue weighted by atomic mass is 9.99. The fourth-order valence-electron chi connectivity index (χ4n) is 4.60. The second kappa shape index (κ2) is 8.65. The SMILES string of the molecule is CCc1c(F)cccc1Cc1c(CN2CC(O)C2)nc2c(N)cc(N3CCOCC3)nn12. The summed E-state index contributed by atoms with van der Waals surface area (Å²) in [6.45, 7) is 6.62. The molecule has 1 aromatic carbocycles. The summed E-state index contributed by atoms with van der Waals surface area (Å²) in [5, 5.41) is 14.6. The maximum atomic E-state index is 14.5. The van der Waals surface area contributed by atoms with Crippen molar-refractivity contribution in [2.75, 3.05) is 50.0 Å². The molecule has 0 saturated carbocycles. The number of ether oxygens (including phenoxy) is 1. The van der Waals surface area contributed by atoms with E-state index in [0.717, 1.165) is 35.9 Å². The number of hydrogen-bond donors (Lipinski definition) is 2. The van der Waals surface area contributed by atoms with Gasteiger partial charge in [0.2, 0.25) is 0 Å². The molecule has 32 heavy (non-hydrogen) atoms. The van der Waals surface area contributed by atoms with Gasteiger partial charge in [-0.1, -0.05) is 19.1 Å². The Morgan fingerprint density at radius 1 is 1.25 bits per heavy atom. The molecule has 3 aromatic rings. The molecule has 0 atom stereocenters. The van der Waals surface area contributed by atoms with Gasteiger partial charge in [-0.25, -0.2) is 13.9 Å². The van der Waals surface area contributed by atoms with Gasteiger partial charge in [0.05, 0.1) is 36.4 Å². The molecule has 5 rings (SSSR count). The Morgan fingerprint density at radius 3 is 2.75 bits per heavy atom. The maximum Gasteiger partial charge on any atom is 0.177 e. The summed E-state index contributed by atoms with van der Waals surface area (Å²) in [6, 6.07) is 7.09. The number of nitrogens with two attached hydrogens (primary N) is 1. The third-order valence-corrected chi connectivity index (χ3v) is 6.35. The van der Waals surface area contributed by atoms with E-state index in [1.807, 2.05) is 23.6 Å². The van der Waals surface area contributed by atoms with Crippen LogP contribution in [0, 0.1) is 5.82 Å². The van der Waals surface area contributed by atoms with Gasteiger partial charge in [-0.15, -0.1) is 5.10 Å². The molecule has 0 spiro atoms. The van der Waals surface area contributed by atoms with Crippen molar-refractivity contribution in [2.24, 2.45) is 0 Å². The van der Waals surface area contributed by atoms with Crippen molar-refractivity contribution in [2.45, 2.75) is 32.4 Å². The van der Waals surface area contributed by atoms with Gasteiger partial charge in [-0.2, -0.15) is 0 Å². The van der Waals surface area contributed by atoms with Crippen molar-refractivity contribution in [1.29, 1.82) is 0 Å². The molecule has 3 N–H and O–H groups in total. The molecule has 0 radical (unpaired) electrons. The third kappa shape index (κ3) is 3.92. The molecule has 9 heteroatoms. The largest absolute Gasteiger partial charge is 0.396 e. The third-order valence-electron chi connectivity index (χ3n) is 6.35. The summed E-state index contributed by atoms with van der Waals surface area (Å²) in [6.07, 6.45) is 0.829. The maximum absolute atomic E-state index is 14.5. The Balaban J connectivity index is 1.60. The summed E-state index contributed by atoms with van der Waals surface area (Å²) in [5.74, 6) is 0.602. The lowest BCUT2D eigenvalue weighted by molar-refractivity contribution is -0.00360. The zero-order valence-electron chi connectivity index (χ0n) is 18.3. The van der Waals surface area contributed by atoms with E-state index < -0.39 is 0 Å². The molecule has 4 heterocycles. The van der Waals surface area contributed by atoms with Crippen LogP contribution in [-0.2, 0) is 24.1 Å². The zero-order chi connectivity index (χ0) is 22.2. The molecule has 2 aromatic heterocycles. The lowest BCUT2D eigenvalue weighted by Gasteiger charge is -2.35. The normalized spacial score (nSPS) is 17.8. The number of rotatable bonds is 6. The molecular weight excluding hydrogens is 411 g/mol. The van der Waals surface area contributed by atoms with Crippen LogP contribution in [0.1, 0.15) is 29.4 Å². The number of aliphatic hydroxyl groups excluding tert-OH is 1. The summed E-state index contributed by atoms with van der Waals surface area (Å²) < 4.78 is 21.8. The molecule has 2 aliphatic rings. The van der Waals surface area contributed by atoms with Crippen LogP contribution in [0.25, 0.3) is 5.65 Å². The number of nitrogens with zero attached hydrogens (tertiary/aromatic N) is 5. The number of aromatic nitrogens is 3. The predicted octanol–water partition coefficient (Wildman–Crippen LogP) is 1.62. The number of aliphatic hydroxyl groups is 1. The number of likely N-dealkylation sites (tertiary alicyclic amines) is 1. The number of β-amino-alcohol motifs (C(OH)–C–C–N with tert-alkyl or cyclic N) is 1. The number of benzene rings is 1. The van der Waals surface area contributed by atoms with E-state index in [9.17, 15) is 9.50 Å². The van der Waals surface area contributed by atoms with E-state index in [-0.39, 0.29) is 11.9 Å². The van der Waals surface area contributed by atoms with Gasteiger partial charge in [0, 0.05) is 45.2 Å². The molecule has 0 unspecified atom stereocenters. The van der Waals surface area contributed by atoms with Crippen LogP contribution in [0.15, 0.2) is 24.3 Å². The number of anilines is 2. The van der Waals surface area contributed by atoms with E-state index in [2.05, 4.69) is 9.80 Å². The molecule has 0 amide bonds. The van der Waals surface area contributed by atoms with Crippen LogP contribution in [0.5, 0.6) is 0 Å². The Morgan fingerprint density at radius 2 is 2.03 bits per heavy atom. The number of morpholine rings is 1. The highest BCUT2D eigenvalue weighted by Crippen LogP contribution is 2.27. The number of hydrogen-bond acceptors (Lipinski definition) is 7. The van der Waals surface area contributed by atoms with Crippen LogP contribution in [0.3, 0.4) is 0 Å². The quantitative estimate of drug-likeness (QED) is 0.602. The van der Waals surface area contributed by atoms with Crippen LogP contribution in [0.4, 0.5) is 15.9 Å². The first kappa shape index (κ1) is 21.1. The average Bonchev–Trinajstić information content (AvgIpc) is 3.11. The topological polar surface area (TPSA) is 92.1 Å². The first-order valence-electron chi connectivity index (χ1n) is 11.2. The van der Waals surface area contributed by atoms with Gasteiger partial charge < -0.3 is 20.5 Å². The van der Waals surface area contributed by atoms with Gasteiger partial charge in [-0.05, 0) is 23.6 Å². The van der Waals surface area contributed by atoms with E-state index in [1.54, 1.807) is 6.07 Å². The first-order chi connectivity index (χ1) is 15.5. The molecule has 8 nitrogen and oxygen atoms in total. The second-order valence-corrected chi connectivity index (χ2v) is 8.55. The van der Waals surface area contributed by atoms with E-state index in [0.29, 0.717) is 62.6 Å². The van der Waals surface area contributed by atoms with Crippen molar-refractivity contribution in [3.8, 4) is 0 Å². The minimum atomic E-state index is -0.290. The Bertz CT molecular complexity index is 1120. The van der Waals surface area contributed by atoms with Gasteiger partial charge in [0.25, 0.3) is 0 Å². The van der Waals surface area contributed by atoms with E-state index in [4.69, 9.17) is 20.6 Å². The highest BCUT2D eigenvalue weighted by atomic mass is 19.1. The molecular formula is C23H29FN6O2. The highest BCUT2D eigenvalue weighted by Gasteiger charge is 2.28. The van der Waals surface area contributed by atoms with Crippen molar-refractivity contribution in [3.05, 3.63) is 52.6 Å². The fraction of sp³-hybridized carbons (Fsp3) is 0.478. The van der Waals surface area contributed by atoms with Gasteiger partial charge >= 0.3 is 0 Å². The molecule has 0 bridgehead atoms. The minimum absolute atomic E-state index is 0.187. The van der Waals surface area contributed by atoms with Crippen LogP contribution in [-0.4, -0.2) is 70.1 Å². The smallest absolute Gasteiger partial charge is 0.177 e. The molecule has 170 valence electrons. The van der Waals surface area contributed by atoms with E-state index in [1.165, 1.54) is 6.07 Å². The van der Waals surface area contributed by atoms with Crippen LogP contribution < -0.4 is 10.6 Å². The van der Waals surface area contributed by atoms with Crippen molar-refractivity contribution < 1.29 is 14.2 Å². The summed E-state index contributed by atoms with van der Waals surface area (Å²) in [5.41, 5.74) is 11.0. The zero-order valence-corrected chi connectivity index (χ0v) is 18.3. The summed E-state index contributed by atoms with van der Waals surface area (Å²) in [4.78, 5) is 9.14. The molecule has 2 aliphatic heterocycles. The standard InChI is InChI=1S/C23H29FN6O2/c1-2-17-15(4-3-5-18(17)24)10-21-20(14-28-12-16(31)13-28)26-23-19(25)11-22(27-30(21)23)29-6-8-32-9-7-29/h3-5,11,16,31H,2,6-10,12-14,25H2,1H3. The van der Waals surface area contributed by atoms with Crippen molar-refractivity contribution in [3.63, 3.8) is 0 Å². The Hall–Kier alpha value is -2.75. The van der Waals surface area contributed by atoms with Crippen LogP contribution in [0.2, 0.25) is 0 Å². The number of fused-ring (bicyclic) bond motifs is 1. The summed E-state index contributed by atoms with van der Waals surface area (Å²) in [7, 11) is 0. The monoisotopic (exact) mass is 440 g/mol. The van der Waals surface area contributed by atoms with Gasteiger partial charge in [0.15, 0.2) is 11.5 Å². The van der Waals surface area contributed by atoms with Crippen LogP contribution >= 0.6 is 0 Å². The number of nitrogen functional groups attached to an aromatic ring is 1. The predicted molar refractivity (Wildman–Crippen MR) is 120 cm³/mol. The first-order valence-corrected chi connectivity index (χ1v) is 11.2. The van der Waals surface area contributed by atoms with Crippen molar-refractivity contribution in [1.82, 2.24) is 19.5 Å². The molecule has 2 fully saturated rings. The molecule has 0 aliphatic carbocycles. The molecule has 2 saturated heterocycles. The minimum Gasteiger partial charge on any atom is -0.396 e. The highest BCUT2D eigenvalue weighted by molar-refractivity contribution is 5.69. The van der Waals surface area contributed by atoms with Crippen molar-refractivity contribution >= 4 is 17.2 Å². The second-order valence-electron chi connectivity index (χ2n) is 8.55. The Kier molecular flexibility index (Phi) is 5.71. The van der Waals surface area contributed by atoms with Gasteiger partial charge in [0.1, 0.15) is 5.82 Å². The fourth-order valence-corrected chi connectivity index (χ4v) is 4.60. The summed E-state index contributed by atoms with van der Waals surface area (Å²) >= 11 is 0. The average molecular weight is 441 g/mol. The van der Waals surface area contributed by atoms with E-state index >= 15 is 0 Å². The number of imidazole rings is 1. The Labute approximate surface area is 186 Å².